The summed E-state index contributed by atoms with van der Waals surface area (Å²) in [6.07, 6.45) is 39.2. The predicted molar refractivity (Wildman–Crippen MR) is 322 cm³/mol. The molecule has 6 atom stereocenters. The first-order chi connectivity index (χ1) is 39.1. The van der Waals surface area contributed by atoms with Gasteiger partial charge in [0.1, 0.15) is 19.3 Å². The van der Waals surface area contributed by atoms with Crippen molar-refractivity contribution in [2.75, 3.05) is 39.6 Å². The van der Waals surface area contributed by atoms with Crippen LogP contribution in [0.15, 0.2) is 0 Å². The molecule has 3 N–H and O–H groups in total. The van der Waals surface area contributed by atoms with Crippen LogP contribution >= 0.6 is 15.6 Å². The third kappa shape index (κ3) is 55.7. The van der Waals surface area contributed by atoms with Gasteiger partial charge >= 0.3 is 39.5 Å². The molecule has 0 saturated carbocycles. The van der Waals surface area contributed by atoms with Crippen LogP contribution in [0.5, 0.6) is 0 Å². The molecular weight excluding hydrogens is 1080 g/mol. The molecule has 0 aliphatic heterocycles. The molecule has 17 nitrogen and oxygen atoms in total. The summed E-state index contributed by atoms with van der Waals surface area (Å²) in [5.41, 5.74) is 0. The molecule has 81 heavy (non-hydrogen) atoms. The minimum absolute atomic E-state index is 0.104. The van der Waals surface area contributed by atoms with Gasteiger partial charge in [0.2, 0.25) is 0 Å². The van der Waals surface area contributed by atoms with E-state index in [1.165, 1.54) is 122 Å². The lowest BCUT2D eigenvalue weighted by Gasteiger charge is -2.21. The molecule has 0 fully saturated rings. The van der Waals surface area contributed by atoms with Gasteiger partial charge in [-0.15, -0.1) is 0 Å². The highest BCUT2D eigenvalue weighted by Gasteiger charge is 2.30. The van der Waals surface area contributed by atoms with Crippen LogP contribution in [-0.2, 0) is 65.4 Å². The fraction of sp³-hybridized carbons (Fsp3) is 0.935. The normalized spacial score (nSPS) is 14.6. The SMILES string of the molecule is CCCCCCCCCCCCCCCCC(=O)OC[C@H](COP(=O)(O)OC[C@@H](O)COP(=O)(O)OC[C@@H](COC(=O)CCCCCCC)OC(=O)CCCCCCCCCC)OC(=O)CCCCCCCCCCCCC(C)CC. The van der Waals surface area contributed by atoms with Crippen LogP contribution in [0.25, 0.3) is 0 Å². The van der Waals surface area contributed by atoms with Gasteiger partial charge in [-0.05, 0) is 31.6 Å². The van der Waals surface area contributed by atoms with Crippen LogP contribution in [0.1, 0.15) is 311 Å². The molecule has 0 aromatic carbocycles. The Morgan fingerprint density at radius 1 is 0.346 bits per heavy atom. The van der Waals surface area contributed by atoms with Crippen LogP contribution < -0.4 is 0 Å². The van der Waals surface area contributed by atoms with Crippen molar-refractivity contribution in [3.8, 4) is 0 Å². The number of unbranched alkanes of at least 4 members (excludes halogenated alkanes) is 33. The van der Waals surface area contributed by atoms with E-state index in [0.29, 0.717) is 25.7 Å². The molecule has 0 aliphatic carbocycles. The van der Waals surface area contributed by atoms with E-state index in [9.17, 15) is 43.2 Å². The van der Waals surface area contributed by atoms with Crippen LogP contribution in [0, 0.1) is 5.92 Å². The fourth-order valence-corrected chi connectivity index (χ4v) is 10.8. The van der Waals surface area contributed by atoms with E-state index in [-0.39, 0.29) is 25.7 Å². The molecule has 0 rings (SSSR count). The quantitative estimate of drug-likeness (QED) is 0.0222. The first-order valence-electron chi connectivity index (χ1n) is 32.7. The van der Waals surface area contributed by atoms with E-state index in [4.69, 9.17) is 37.0 Å². The van der Waals surface area contributed by atoms with Crippen LogP contribution in [0.4, 0.5) is 0 Å². The number of aliphatic hydroxyl groups is 1. The monoisotopic (exact) mass is 1200 g/mol. The van der Waals surface area contributed by atoms with Crippen molar-refractivity contribution in [1.29, 1.82) is 0 Å². The number of hydrogen-bond donors (Lipinski definition) is 3. The van der Waals surface area contributed by atoms with Gasteiger partial charge in [-0.3, -0.25) is 37.3 Å². The lowest BCUT2D eigenvalue weighted by molar-refractivity contribution is -0.161. The second-order valence-corrected chi connectivity index (χ2v) is 25.6. The standard InChI is InChI=1S/C62H120O17P2/c1-6-10-13-16-18-20-21-22-23-24-28-32-36-41-46-60(65)73-52-58(79-62(67)48-43-38-33-29-26-25-27-30-35-39-44-55(5)9-4)54-77-81(70,71)75-50-56(63)49-74-80(68,69)76-53-57(51-72-59(64)45-40-34-15-12-8-3)78-61(66)47-42-37-31-19-17-14-11-7-2/h55-58,63H,6-54H2,1-5H3,(H,68,69)(H,70,71)/t55?,56-,57+,58+/m0/s1. The molecular formula is C62H120O17P2. The minimum Gasteiger partial charge on any atom is -0.462 e. The Labute approximate surface area is 492 Å². The Hall–Kier alpha value is -1.94. The van der Waals surface area contributed by atoms with Crippen LogP contribution in [0.3, 0.4) is 0 Å². The number of phosphoric acid groups is 2. The molecule has 0 bridgehead atoms. The van der Waals surface area contributed by atoms with Gasteiger partial charge in [-0.1, -0.05) is 259 Å². The average Bonchev–Trinajstić information content (AvgIpc) is 3.44. The maximum atomic E-state index is 13.0. The van der Waals surface area contributed by atoms with Crippen molar-refractivity contribution >= 4 is 39.5 Å². The zero-order valence-corrected chi connectivity index (χ0v) is 53.7. The van der Waals surface area contributed by atoms with E-state index in [0.717, 1.165) is 109 Å². The zero-order chi connectivity index (χ0) is 59.9. The second-order valence-electron chi connectivity index (χ2n) is 22.7. The fourth-order valence-electron chi connectivity index (χ4n) is 9.20. The smallest absolute Gasteiger partial charge is 0.462 e. The van der Waals surface area contributed by atoms with Gasteiger partial charge in [0.05, 0.1) is 26.4 Å². The van der Waals surface area contributed by atoms with Gasteiger partial charge < -0.3 is 33.8 Å². The number of rotatable bonds is 62. The van der Waals surface area contributed by atoms with Gasteiger partial charge in [0.15, 0.2) is 12.2 Å². The average molecular weight is 1200 g/mol. The third-order valence-corrected chi connectivity index (χ3v) is 16.5. The Morgan fingerprint density at radius 2 is 0.593 bits per heavy atom. The van der Waals surface area contributed by atoms with Crippen molar-refractivity contribution in [2.45, 2.75) is 329 Å². The summed E-state index contributed by atoms with van der Waals surface area (Å²) < 4.78 is 67.7. The molecule has 0 aromatic heterocycles. The number of esters is 4. The van der Waals surface area contributed by atoms with Crippen molar-refractivity contribution in [3.63, 3.8) is 0 Å². The Morgan fingerprint density at radius 3 is 0.877 bits per heavy atom. The summed E-state index contributed by atoms with van der Waals surface area (Å²) in [5, 5.41) is 10.5. The highest BCUT2D eigenvalue weighted by molar-refractivity contribution is 7.47. The molecule has 0 saturated heterocycles. The summed E-state index contributed by atoms with van der Waals surface area (Å²) in [6, 6.07) is 0. The Bertz CT molecular complexity index is 1590. The van der Waals surface area contributed by atoms with Crippen molar-refractivity contribution in [1.82, 2.24) is 0 Å². The van der Waals surface area contributed by atoms with Gasteiger partial charge in [-0.25, -0.2) is 9.13 Å². The maximum Gasteiger partial charge on any atom is 0.472 e. The van der Waals surface area contributed by atoms with Crippen molar-refractivity contribution in [3.05, 3.63) is 0 Å². The number of ether oxygens (including phenoxy) is 4. The van der Waals surface area contributed by atoms with E-state index in [1.54, 1.807) is 0 Å². The van der Waals surface area contributed by atoms with Gasteiger partial charge in [-0.2, -0.15) is 0 Å². The summed E-state index contributed by atoms with van der Waals surface area (Å²) >= 11 is 0. The first-order valence-corrected chi connectivity index (χ1v) is 35.7. The van der Waals surface area contributed by atoms with Crippen LogP contribution in [0.2, 0.25) is 0 Å². The summed E-state index contributed by atoms with van der Waals surface area (Å²) in [7, 11) is -9.87. The topological polar surface area (TPSA) is 237 Å². The molecule has 0 aromatic rings. The molecule has 0 aliphatic rings. The summed E-state index contributed by atoms with van der Waals surface area (Å²) in [5.74, 6) is -1.34. The molecule has 19 heteroatoms. The van der Waals surface area contributed by atoms with E-state index in [1.807, 2.05) is 0 Å². The minimum atomic E-state index is -4.94. The number of carbonyl (C=O) groups is 4. The van der Waals surface area contributed by atoms with Crippen molar-refractivity contribution < 1.29 is 80.2 Å². The Kier molecular flexibility index (Phi) is 54.6. The summed E-state index contributed by atoms with van der Waals surface area (Å²) in [6.45, 7) is 7.09. The molecule has 3 unspecified atom stereocenters. The number of carbonyl (C=O) groups excluding carboxylic acids is 4. The largest absolute Gasteiger partial charge is 0.472 e. The lowest BCUT2D eigenvalue weighted by atomic mass is 9.99. The highest BCUT2D eigenvalue weighted by atomic mass is 31.2. The first kappa shape index (κ1) is 79.1. The van der Waals surface area contributed by atoms with Crippen LogP contribution in [-0.4, -0.2) is 96.7 Å². The third-order valence-electron chi connectivity index (χ3n) is 14.6. The van der Waals surface area contributed by atoms with Gasteiger partial charge in [0.25, 0.3) is 0 Å². The number of phosphoric ester groups is 2. The lowest BCUT2D eigenvalue weighted by Crippen LogP contribution is -2.30. The van der Waals surface area contributed by atoms with E-state index in [2.05, 4.69) is 34.6 Å². The van der Waals surface area contributed by atoms with E-state index >= 15 is 0 Å². The van der Waals surface area contributed by atoms with E-state index < -0.39 is 97.5 Å². The molecule has 480 valence electrons. The summed E-state index contributed by atoms with van der Waals surface area (Å²) in [4.78, 5) is 71.8. The molecule has 0 spiro atoms. The second kappa shape index (κ2) is 55.9. The highest BCUT2D eigenvalue weighted by Crippen LogP contribution is 2.45. The number of hydrogen-bond acceptors (Lipinski definition) is 15. The molecule has 0 amide bonds. The number of aliphatic hydroxyl groups excluding tert-OH is 1. The van der Waals surface area contributed by atoms with Crippen molar-refractivity contribution in [2.24, 2.45) is 5.92 Å². The zero-order valence-electron chi connectivity index (χ0n) is 51.9. The molecule has 0 heterocycles. The Balaban J connectivity index is 5.17. The molecule has 0 radical (unpaired) electrons. The maximum absolute atomic E-state index is 13.0. The predicted octanol–water partition coefficient (Wildman–Crippen LogP) is 17.0. The van der Waals surface area contributed by atoms with Gasteiger partial charge in [0, 0.05) is 25.7 Å².